The van der Waals surface area contributed by atoms with Crippen molar-refractivity contribution in [3.63, 3.8) is 0 Å². The SMILES string of the molecule is COc1ccc(-c2c3ccccc3c(-c3ccc(F)cc3F)c3ccccc23)cc1. The fraction of sp³-hybridized carbons (Fsp3) is 0.0370. The topological polar surface area (TPSA) is 9.23 Å². The van der Waals surface area contributed by atoms with Crippen molar-refractivity contribution in [3.05, 3.63) is 103 Å². The standard InChI is InChI=1S/C27H18F2O/c1-30-19-13-10-17(11-14-19)26-20-6-2-4-8-22(20)27(23-9-5-3-7-21(23)26)24-15-12-18(28)16-25(24)29/h2-16H,1H3. The van der Waals surface area contributed by atoms with Crippen molar-refractivity contribution < 1.29 is 13.5 Å². The second kappa shape index (κ2) is 7.27. The van der Waals surface area contributed by atoms with Gasteiger partial charge >= 0.3 is 0 Å². The zero-order chi connectivity index (χ0) is 20.7. The number of hydrogen-bond acceptors (Lipinski definition) is 1. The number of halogens is 2. The molecule has 0 spiro atoms. The van der Waals surface area contributed by atoms with Gasteiger partial charge in [-0.2, -0.15) is 0 Å². The highest BCUT2D eigenvalue weighted by atomic mass is 19.1. The van der Waals surface area contributed by atoms with Crippen molar-refractivity contribution in [1.82, 2.24) is 0 Å². The zero-order valence-corrected chi connectivity index (χ0v) is 16.3. The van der Waals surface area contributed by atoms with Crippen LogP contribution in [-0.4, -0.2) is 7.11 Å². The summed E-state index contributed by atoms with van der Waals surface area (Å²) in [5.41, 5.74) is 3.30. The lowest BCUT2D eigenvalue weighted by Crippen LogP contribution is -1.93. The Morgan fingerprint density at radius 3 is 1.63 bits per heavy atom. The molecule has 30 heavy (non-hydrogen) atoms. The first kappa shape index (κ1) is 18.3. The highest BCUT2D eigenvalue weighted by molar-refractivity contribution is 6.21. The van der Waals surface area contributed by atoms with Gasteiger partial charge in [-0.25, -0.2) is 8.78 Å². The third-order valence-electron chi connectivity index (χ3n) is 5.51. The molecule has 0 saturated carbocycles. The van der Waals surface area contributed by atoms with Crippen molar-refractivity contribution in [2.45, 2.75) is 0 Å². The van der Waals surface area contributed by atoms with Gasteiger partial charge in [0.2, 0.25) is 0 Å². The monoisotopic (exact) mass is 396 g/mol. The molecule has 0 unspecified atom stereocenters. The third-order valence-corrected chi connectivity index (χ3v) is 5.51. The molecule has 0 N–H and O–H groups in total. The predicted molar refractivity (Wildman–Crippen MR) is 119 cm³/mol. The molecule has 0 saturated heterocycles. The lowest BCUT2D eigenvalue weighted by Gasteiger charge is -2.18. The molecule has 0 atom stereocenters. The minimum atomic E-state index is -0.584. The maximum Gasteiger partial charge on any atom is 0.133 e. The predicted octanol–water partition coefficient (Wildman–Crippen LogP) is 7.61. The van der Waals surface area contributed by atoms with Gasteiger partial charge in [-0.15, -0.1) is 0 Å². The summed E-state index contributed by atoms with van der Waals surface area (Å²) in [6, 6.07) is 27.6. The van der Waals surface area contributed by atoms with Gasteiger partial charge in [0.15, 0.2) is 0 Å². The highest BCUT2D eigenvalue weighted by Gasteiger charge is 2.18. The van der Waals surface area contributed by atoms with Crippen molar-refractivity contribution >= 4 is 21.5 Å². The largest absolute Gasteiger partial charge is 0.497 e. The van der Waals surface area contributed by atoms with Crippen LogP contribution in [0.5, 0.6) is 5.75 Å². The molecule has 0 bridgehead atoms. The summed E-state index contributed by atoms with van der Waals surface area (Å²) >= 11 is 0. The minimum Gasteiger partial charge on any atom is -0.497 e. The zero-order valence-electron chi connectivity index (χ0n) is 16.3. The number of benzene rings is 5. The molecule has 1 nitrogen and oxygen atoms in total. The molecule has 0 aliphatic rings. The summed E-state index contributed by atoms with van der Waals surface area (Å²) in [7, 11) is 1.64. The van der Waals surface area contributed by atoms with Crippen LogP contribution in [0.2, 0.25) is 0 Å². The van der Waals surface area contributed by atoms with Gasteiger partial charge in [0.05, 0.1) is 7.11 Å². The van der Waals surface area contributed by atoms with Gasteiger partial charge in [0.25, 0.3) is 0 Å². The van der Waals surface area contributed by atoms with E-state index in [1.54, 1.807) is 7.11 Å². The molecule has 0 aliphatic carbocycles. The van der Waals surface area contributed by atoms with Crippen molar-refractivity contribution in [1.29, 1.82) is 0 Å². The van der Waals surface area contributed by atoms with Crippen LogP contribution < -0.4 is 4.74 Å². The second-order valence-electron chi connectivity index (χ2n) is 7.19. The Labute approximate surface area is 173 Å². The summed E-state index contributed by atoms with van der Waals surface area (Å²) in [6.07, 6.45) is 0. The molecule has 0 amide bonds. The van der Waals surface area contributed by atoms with Gasteiger partial charge < -0.3 is 4.74 Å². The normalized spacial score (nSPS) is 11.2. The molecule has 0 heterocycles. The summed E-state index contributed by atoms with van der Waals surface area (Å²) < 4.78 is 33.7. The molecule has 0 radical (unpaired) electrons. The van der Waals surface area contributed by atoms with E-state index in [4.69, 9.17) is 4.74 Å². The summed E-state index contributed by atoms with van der Waals surface area (Å²) in [5.74, 6) is -0.361. The first-order chi connectivity index (χ1) is 14.7. The lowest BCUT2D eigenvalue weighted by molar-refractivity contribution is 0.415. The molecule has 3 heteroatoms. The fourth-order valence-electron chi connectivity index (χ4n) is 4.18. The molecular formula is C27H18F2O. The van der Waals surface area contributed by atoms with Gasteiger partial charge in [0, 0.05) is 17.2 Å². The van der Waals surface area contributed by atoms with E-state index in [9.17, 15) is 8.78 Å². The highest BCUT2D eigenvalue weighted by Crippen LogP contribution is 2.44. The summed E-state index contributed by atoms with van der Waals surface area (Å²) in [6.45, 7) is 0. The molecule has 5 rings (SSSR count). The smallest absolute Gasteiger partial charge is 0.133 e. The van der Waals surface area contributed by atoms with Crippen LogP contribution in [0.25, 0.3) is 43.8 Å². The van der Waals surface area contributed by atoms with E-state index >= 15 is 0 Å². The molecule has 0 aromatic heterocycles. The van der Waals surface area contributed by atoms with Crippen LogP contribution in [0.3, 0.4) is 0 Å². The second-order valence-corrected chi connectivity index (χ2v) is 7.19. The third kappa shape index (κ3) is 2.91. The van der Waals surface area contributed by atoms with E-state index in [1.165, 1.54) is 12.1 Å². The molecule has 5 aromatic rings. The number of methoxy groups -OCH3 is 1. The van der Waals surface area contributed by atoms with E-state index in [2.05, 4.69) is 0 Å². The Bertz CT molecular complexity index is 1330. The van der Waals surface area contributed by atoms with Crippen LogP contribution in [0.1, 0.15) is 0 Å². The van der Waals surface area contributed by atoms with Gasteiger partial charge in [-0.1, -0.05) is 60.7 Å². The van der Waals surface area contributed by atoms with Crippen LogP contribution in [-0.2, 0) is 0 Å². The van der Waals surface area contributed by atoms with E-state index in [1.807, 2.05) is 72.8 Å². The number of hydrogen-bond donors (Lipinski definition) is 0. The Balaban J connectivity index is 1.94. The minimum absolute atomic E-state index is 0.394. The van der Waals surface area contributed by atoms with Gasteiger partial charge in [-0.05, 0) is 56.9 Å². The average Bonchev–Trinajstić information content (AvgIpc) is 2.78. The van der Waals surface area contributed by atoms with Crippen LogP contribution in [0.15, 0.2) is 91.0 Å². The van der Waals surface area contributed by atoms with Crippen molar-refractivity contribution in [2.75, 3.05) is 7.11 Å². The lowest BCUT2D eigenvalue weighted by atomic mass is 9.86. The Hall–Kier alpha value is -3.72. The molecule has 0 aliphatic heterocycles. The number of fused-ring (bicyclic) bond motifs is 2. The molecule has 0 fully saturated rings. The van der Waals surface area contributed by atoms with E-state index in [0.29, 0.717) is 5.56 Å². The van der Waals surface area contributed by atoms with Crippen LogP contribution in [0, 0.1) is 11.6 Å². The quantitative estimate of drug-likeness (QED) is 0.285. The Morgan fingerprint density at radius 2 is 1.13 bits per heavy atom. The van der Waals surface area contributed by atoms with Crippen molar-refractivity contribution in [3.8, 4) is 28.0 Å². The van der Waals surface area contributed by atoms with Crippen molar-refractivity contribution in [2.24, 2.45) is 0 Å². The van der Waals surface area contributed by atoms with Crippen LogP contribution >= 0.6 is 0 Å². The number of rotatable bonds is 3. The number of ether oxygens (including phenoxy) is 1. The average molecular weight is 396 g/mol. The maximum absolute atomic E-state index is 14.8. The molecule has 5 aromatic carbocycles. The summed E-state index contributed by atoms with van der Waals surface area (Å²) in [5, 5.41) is 3.88. The molecular weight excluding hydrogens is 378 g/mol. The fourth-order valence-corrected chi connectivity index (χ4v) is 4.18. The van der Waals surface area contributed by atoms with Crippen LogP contribution in [0.4, 0.5) is 8.78 Å². The Morgan fingerprint density at radius 1 is 0.600 bits per heavy atom. The Kier molecular flexibility index (Phi) is 4.44. The van der Waals surface area contributed by atoms with E-state index < -0.39 is 11.6 Å². The maximum atomic E-state index is 14.8. The van der Waals surface area contributed by atoms with Gasteiger partial charge in [0.1, 0.15) is 17.4 Å². The summed E-state index contributed by atoms with van der Waals surface area (Å²) in [4.78, 5) is 0. The molecule has 146 valence electrons. The van der Waals surface area contributed by atoms with Gasteiger partial charge in [-0.3, -0.25) is 0 Å². The first-order valence-corrected chi connectivity index (χ1v) is 9.70. The first-order valence-electron chi connectivity index (χ1n) is 9.70. The van der Waals surface area contributed by atoms with E-state index in [0.717, 1.165) is 50.1 Å². The van der Waals surface area contributed by atoms with E-state index in [-0.39, 0.29) is 0 Å².